The van der Waals surface area contributed by atoms with Gasteiger partial charge in [0, 0.05) is 5.56 Å². The summed E-state index contributed by atoms with van der Waals surface area (Å²) in [6.45, 7) is 5.57. The number of aromatic hydroxyl groups is 1. The van der Waals surface area contributed by atoms with Crippen molar-refractivity contribution in [2.75, 3.05) is 6.61 Å². The highest BCUT2D eigenvalue weighted by Crippen LogP contribution is 2.39. The molecule has 0 unspecified atom stereocenters. The van der Waals surface area contributed by atoms with Gasteiger partial charge in [0.25, 0.3) is 0 Å². The predicted octanol–water partition coefficient (Wildman–Crippen LogP) is 2.46. The van der Waals surface area contributed by atoms with Gasteiger partial charge in [-0.1, -0.05) is 0 Å². The summed E-state index contributed by atoms with van der Waals surface area (Å²) in [6.07, 6.45) is -1.46. The minimum atomic E-state index is -1.46. The molecule has 0 aliphatic carbocycles. The minimum Gasteiger partial charge on any atom is -0.504 e. The second kappa shape index (κ2) is 4.74. The van der Waals surface area contributed by atoms with E-state index in [-0.39, 0.29) is 11.5 Å². The minimum absolute atomic E-state index is 0.0477. The van der Waals surface area contributed by atoms with Gasteiger partial charge >= 0.3 is 6.16 Å². The highest BCUT2D eigenvalue weighted by molar-refractivity contribution is 5.66. The Bertz CT molecular complexity index is 411. The number of carboxylic acid groups (broad SMARTS) is 1. The third-order valence-corrected chi connectivity index (χ3v) is 2.13. The Kier molecular flexibility index (Phi) is 3.60. The topological polar surface area (TPSA) is 76.0 Å². The summed E-state index contributed by atoms with van der Waals surface area (Å²) in [7, 11) is 0. The molecule has 0 fully saturated rings. The molecule has 0 spiro atoms. The largest absolute Gasteiger partial charge is 0.511 e. The highest BCUT2D eigenvalue weighted by atomic mass is 16.7. The van der Waals surface area contributed by atoms with Gasteiger partial charge in [0.15, 0.2) is 11.5 Å². The smallest absolute Gasteiger partial charge is 0.504 e. The third-order valence-electron chi connectivity index (χ3n) is 2.13. The molecule has 0 radical (unpaired) electrons. The second-order valence-corrected chi connectivity index (χ2v) is 3.30. The van der Waals surface area contributed by atoms with E-state index in [4.69, 9.17) is 9.84 Å². The van der Waals surface area contributed by atoms with E-state index < -0.39 is 6.16 Å². The Balaban J connectivity index is 3.22. The van der Waals surface area contributed by atoms with Crippen molar-refractivity contribution in [1.82, 2.24) is 0 Å². The molecule has 2 N–H and O–H groups in total. The number of ether oxygens (including phenoxy) is 2. The molecule has 0 heterocycles. The van der Waals surface area contributed by atoms with Gasteiger partial charge in [-0.3, -0.25) is 0 Å². The molecule has 0 atom stereocenters. The number of aryl methyl sites for hydroxylation is 1. The zero-order chi connectivity index (χ0) is 12.3. The van der Waals surface area contributed by atoms with Gasteiger partial charge in [-0.25, -0.2) is 4.79 Å². The Morgan fingerprint density at radius 2 is 2.06 bits per heavy atom. The molecule has 0 aliphatic rings. The molecule has 0 amide bonds. The fourth-order valence-corrected chi connectivity index (χ4v) is 1.37. The molecule has 5 heteroatoms. The first-order valence-electron chi connectivity index (χ1n) is 4.84. The molecule has 5 nitrogen and oxygen atoms in total. The maximum Gasteiger partial charge on any atom is 0.511 e. The monoisotopic (exact) mass is 226 g/mol. The summed E-state index contributed by atoms with van der Waals surface area (Å²) >= 11 is 0. The normalized spacial score (nSPS) is 9.94. The van der Waals surface area contributed by atoms with Gasteiger partial charge in [0.05, 0.1) is 6.61 Å². The summed E-state index contributed by atoms with van der Waals surface area (Å²) in [5.74, 6) is 0.273. The van der Waals surface area contributed by atoms with Crippen molar-refractivity contribution in [3.05, 3.63) is 17.2 Å². The van der Waals surface area contributed by atoms with Crippen molar-refractivity contribution < 1.29 is 24.5 Å². The van der Waals surface area contributed by atoms with Crippen LogP contribution in [0.25, 0.3) is 0 Å². The van der Waals surface area contributed by atoms with Crippen molar-refractivity contribution in [2.45, 2.75) is 20.8 Å². The molecule has 1 aromatic carbocycles. The zero-order valence-corrected chi connectivity index (χ0v) is 9.40. The number of rotatable bonds is 3. The average molecular weight is 226 g/mol. The molecular formula is C11H14O5. The van der Waals surface area contributed by atoms with E-state index in [0.29, 0.717) is 23.5 Å². The molecule has 0 bridgehead atoms. The van der Waals surface area contributed by atoms with Crippen LogP contribution in [0.3, 0.4) is 0 Å². The lowest BCUT2D eigenvalue weighted by molar-refractivity contribution is 0.142. The fourth-order valence-electron chi connectivity index (χ4n) is 1.37. The molecule has 1 aromatic rings. The summed E-state index contributed by atoms with van der Waals surface area (Å²) in [6, 6.07) is 1.64. The van der Waals surface area contributed by atoms with Gasteiger partial charge in [-0.2, -0.15) is 0 Å². The fraction of sp³-hybridized carbons (Fsp3) is 0.364. The van der Waals surface area contributed by atoms with Crippen LogP contribution in [0, 0.1) is 13.8 Å². The average Bonchev–Trinajstić information content (AvgIpc) is 2.21. The first kappa shape index (κ1) is 12.2. The van der Waals surface area contributed by atoms with Crippen molar-refractivity contribution in [3.63, 3.8) is 0 Å². The van der Waals surface area contributed by atoms with E-state index in [9.17, 15) is 9.90 Å². The molecule has 0 saturated heterocycles. The summed E-state index contributed by atoms with van der Waals surface area (Å²) in [5, 5.41) is 18.3. The van der Waals surface area contributed by atoms with Crippen LogP contribution in [-0.4, -0.2) is 23.0 Å². The number of hydrogen-bond donors (Lipinski definition) is 2. The van der Waals surface area contributed by atoms with Crippen LogP contribution in [0.4, 0.5) is 4.79 Å². The number of benzene rings is 1. The number of hydrogen-bond acceptors (Lipinski definition) is 4. The molecular weight excluding hydrogens is 212 g/mol. The molecule has 0 aliphatic heterocycles. The maximum atomic E-state index is 10.4. The first-order chi connectivity index (χ1) is 7.47. The number of phenolic OH excluding ortho intramolecular Hbond substituents is 1. The Morgan fingerprint density at radius 3 is 2.56 bits per heavy atom. The molecule has 0 aromatic heterocycles. The summed E-state index contributed by atoms with van der Waals surface area (Å²) in [5.41, 5.74) is 0.970. The SMILES string of the molecule is CCOc1cc(C)c(OC(=O)O)c(O)c1C. The maximum absolute atomic E-state index is 10.4. The molecule has 16 heavy (non-hydrogen) atoms. The van der Waals surface area contributed by atoms with Crippen LogP contribution < -0.4 is 9.47 Å². The van der Waals surface area contributed by atoms with Crippen LogP contribution in [0.1, 0.15) is 18.1 Å². The zero-order valence-electron chi connectivity index (χ0n) is 9.40. The van der Waals surface area contributed by atoms with Crippen molar-refractivity contribution >= 4 is 6.16 Å². The van der Waals surface area contributed by atoms with Crippen LogP contribution in [0.15, 0.2) is 6.07 Å². The van der Waals surface area contributed by atoms with Crippen molar-refractivity contribution in [2.24, 2.45) is 0 Å². The van der Waals surface area contributed by atoms with Gasteiger partial charge in [-0.15, -0.1) is 0 Å². The Hall–Kier alpha value is -1.91. The van der Waals surface area contributed by atoms with Crippen molar-refractivity contribution in [3.8, 4) is 17.2 Å². The van der Waals surface area contributed by atoms with E-state index >= 15 is 0 Å². The molecule has 0 saturated carbocycles. The summed E-state index contributed by atoms with van der Waals surface area (Å²) < 4.78 is 9.80. The standard InChI is InChI=1S/C11H14O5/c1-4-15-8-5-6(2)10(16-11(13)14)9(12)7(8)3/h5,12H,4H2,1-3H3,(H,13,14). The van der Waals surface area contributed by atoms with E-state index in [1.807, 2.05) is 6.92 Å². The van der Waals surface area contributed by atoms with Crippen LogP contribution in [0.5, 0.6) is 17.2 Å². The lowest BCUT2D eigenvalue weighted by Gasteiger charge is -2.13. The van der Waals surface area contributed by atoms with E-state index in [1.54, 1.807) is 19.9 Å². The number of phenols is 1. The van der Waals surface area contributed by atoms with E-state index in [0.717, 1.165) is 0 Å². The van der Waals surface area contributed by atoms with Gasteiger partial charge in [0.1, 0.15) is 5.75 Å². The second-order valence-electron chi connectivity index (χ2n) is 3.30. The van der Waals surface area contributed by atoms with Crippen LogP contribution in [-0.2, 0) is 0 Å². The highest BCUT2D eigenvalue weighted by Gasteiger charge is 2.17. The lowest BCUT2D eigenvalue weighted by Crippen LogP contribution is -2.06. The Morgan fingerprint density at radius 1 is 1.44 bits per heavy atom. The third kappa shape index (κ3) is 2.36. The van der Waals surface area contributed by atoms with Crippen LogP contribution >= 0.6 is 0 Å². The first-order valence-corrected chi connectivity index (χ1v) is 4.84. The quantitative estimate of drug-likeness (QED) is 0.611. The van der Waals surface area contributed by atoms with Crippen LogP contribution in [0.2, 0.25) is 0 Å². The van der Waals surface area contributed by atoms with E-state index in [1.165, 1.54) is 0 Å². The summed E-state index contributed by atoms with van der Waals surface area (Å²) in [4.78, 5) is 10.4. The van der Waals surface area contributed by atoms with Gasteiger partial charge < -0.3 is 19.7 Å². The van der Waals surface area contributed by atoms with Gasteiger partial charge in [-0.05, 0) is 32.4 Å². The molecule has 1 rings (SSSR count). The Labute approximate surface area is 93.2 Å². The van der Waals surface area contributed by atoms with Crippen molar-refractivity contribution in [1.29, 1.82) is 0 Å². The predicted molar refractivity (Wildman–Crippen MR) is 57.4 cm³/mol. The lowest BCUT2D eigenvalue weighted by atomic mass is 10.1. The molecule has 88 valence electrons. The van der Waals surface area contributed by atoms with E-state index in [2.05, 4.69) is 4.74 Å². The number of carbonyl (C=O) groups is 1. The van der Waals surface area contributed by atoms with Gasteiger partial charge in [0.2, 0.25) is 0 Å².